The molecule has 1 heterocycles. The van der Waals surface area contributed by atoms with E-state index in [4.69, 9.17) is 15.2 Å². The molecule has 0 aliphatic heterocycles. The zero-order valence-electron chi connectivity index (χ0n) is 19.1. The summed E-state index contributed by atoms with van der Waals surface area (Å²) in [5.41, 5.74) is 9.79. The van der Waals surface area contributed by atoms with E-state index in [2.05, 4.69) is 39.8 Å². The van der Waals surface area contributed by atoms with Crippen LogP contribution < -0.4 is 20.8 Å². The normalized spacial score (nSPS) is 11.6. The predicted octanol–water partition coefficient (Wildman–Crippen LogP) is 5.85. The molecule has 0 bridgehead atoms. The van der Waals surface area contributed by atoms with Crippen LogP contribution in [0.3, 0.4) is 0 Å². The second kappa shape index (κ2) is 11.5. The van der Waals surface area contributed by atoms with Gasteiger partial charge in [0.05, 0.1) is 12.1 Å². The minimum atomic E-state index is -0.175. The molecule has 2 aromatic rings. The first kappa shape index (κ1) is 23.6. The van der Waals surface area contributed by atoms with Crippen LogP contribution in [0, 0.1) is 0 Å². The summed E-state index contributed by atoms with van der Waals surface area (Å²) >= 11 is 0. The number of benzene rings is 1. The molecule has 0 saturated carbocycles. The van der Waals surface area contributed by atoms with E-state index in [9.17, 15) is 4.79 Å². The van der Waals surface area contributed by atoms with E-state index in [0.29, 0.717) is 31.2 Å². The number of hydrogen-bond donors (Lipinski definition) is 1. The van der Waals surface area contributed by atoms with Crippen LogP contribution in [0.15, 0.2) is 46.3 Å². The smallest absolute Gasteiger partial charge is 0.297 e. The van der Waals surface area contributed by atoms with Crippen LogP contribution in [0.1, 0.15) is 60.3 Å². The van der Waals surface area contributed by atoms with Gasteiger partial charge in [0, 0.05) is 17.6 Å². The third-order valence-corrected chi connectivity index (χ3v) is 5.01. The van der Waals surface area contributed by atoms with E-state index in [1.807, 2.05) is 25.1 Å². The van der Waals surface area contributed by atoms with E-state index in [1.54, 1.807) is 4.57 Å². The Kier molecular flexibility index (Phi) is 9.03. The van der Waals surface area contributed by atoms with E-state index in [0.717, 1.165) is 36.6 Å². The Morgan fingerprint density at radius 3 is 2.53 bits per heavy atom. The molecule has 0 aliphatic rings. The van der Waals surface area contributed by atoms with Crippen LogP contribution in [0.2, 0.25) is 0 Å². The number of pyridine rings is 1. The highest BCUT2D eigenvalue weighted by atomic mass is 16.5. The van der Waals surface area contributed by atoms with Crippen LogP contribution in [0.25, 0.3) is 10.9 Å². The molecular formula is C25H36N2O3. The number of rotatable bonds is 11. The Labute approximate surface area is 180 Å². The fourth-order valence-electron chi connectivity index (χ4n) is 3.28. The molecule has 0 radical (unpaired) electrons. The van der Waals surface area contributed by atoms with E-state index >= 15 is 0 Å². The van der Waals surface area contributed by atoms with Gasteiger partial charge in [-0.2, -0.15) is 0 Å². The van der Waals surface area contributed by atoms with Crippen molar-refractivity contribution in [1.29, 1.82) is 0 Å². The van der Waals surface area contributed by atoms with Gasteiger partial charge in [0.1, 0.15) is 6.61 Å². The summed E-state index contributed by atoms with van der Waals surface area (Å²) in [7, 11) is 0. The Hall–Kier alpha value is -2.69. The Balaban J connectivity index is 2.39. The molecule has 2 rings (SSSR count). The second-order valence-electron chi connectivity index (χ2n) is 7.87. The van der Waals surface area contributed by atoms with Crippen LogP contribution in [0.5, 0.6) is 11.5 Å². The van der Waals surface area contributed by atoms with Crippen molar-refractivity contribution in [2.45, 2.75) is 66.8 Å². The topological polar surface area (TPSA) is 66.5 Å². The number of allylic oxidation sites excluding steroid dienone is 3. The van der Waals surface area contributed by atoms with Crippen molar-refractivity contribution in [3.63, 3.8) is 0 Å². The number of nitrogens with two attached hydrogens (primary N) is 1. The summed E-state index contributed by atoms with van der Waals surface area (Å²) in [5, 5.41) is 0.841. The summed E-state index contributed by atoms with van der Waals surface area (Å²) in [4.78, 5) is 13.1. The molecule has 0 aliphatic carbocycles. The number of nitrogen functional groups attached to an aromatic ring is 1. The number of aryl methyl sites for hydroxylation is 1. The molecule has 164 valence electrons. The van der Waals surface area contributed by atoms with E-state index < -0.39 is 0 Å². The standard InChI is InChI=1S/C25H36N2O3/c1-6-8-15-29-24-23(30-16-14-19(5)11-9-10-18(3)4)21-13-12-20(26)17-22(21)27(7-2)25(24)28/h10,12-14,17H,6-9,11,15-16,26H2,1-5H3. The Morgan fingerprint density at radius 1 is 1.10 bits per heavy atom. The van der Waals surface area contributed by atoms with Crippen LogP contribution in [-0.4, -0.2) is 17.8 Å². The minimum absolute atomic E-state index is 0.175. The van der Waals surface area contributed by atoms with Gasteiger partial charge in [-0.05, 0) is 71.2 Å². The molecule has 0 saturated heterocycles. The first-order valence-corrected chi connectivity index (χ1v) is 10.9. The van der Waals surface area contributed by atoms with Gasteiger partial charge in [-0.25, -0.2) is 0 Å². The zero-order chi connectivity index (χ0) is 22.1. The van der Waals surface area contributed by atoms with Crippen molar-refractivity contribution in [1.82, 2.24) is 4.57 Å². The van der Waals surface area contributed by atoms with Gasteiger partial charge in [-0.3, -0.25) is 4.79 Å². The molecule has 5 nitrogen and oxygen atoms in total. The molecule has 0 spiro atoms. The summed E-state index contributed by atoms with van der Waals surface area (Å²) in [6.45, 7) is 11.8. The lowest BCUT2D eigenvalue weighted by Crippen LogP contribution is -2.23. The van der Waals surface area contributed by atoms with Gasteiger partial charge in [0.2, 0.25) is 5.75 Å². The number of hydrogen-bond acceptors (Lipinski definition) is 4. The fraction of sp³-hybridized carbons (Fsp3) is 0.480. The van der Waals surface area contributed by atoms with Crippen molar-refractivity contribution < 1.29 is 9.47 Å². The van der Waals surface area contributed by atoms with Crippen molar-refractivity contribution in [3.05, 3.63) is 51.9 Å². The van der Waals surface area contributed by atoms with Gasteiger partial charge in [-0.1, -0.05) is 30.6 Å². The molecule has 30 heavy (non-hydrogen) atoms. The number of unbranched alkanes of at least 4 members (excludes halogenated alkanes) is 1. The quantitative estimate of drug-likeness (QED) is 0.285. The van der Waals surface area contributed by atoms with Crippen LogP contribution in [0.4, 0.5) is 5.69 Å². The van der Waals surface area contributed by atoms with Crippen LogP contribution in [-0.2, 0) is 6.54 Å². The highest BCUT2D eigenvalue weighted by molar-refractivity contribution is 5.90. The molecular weight excluding hydrogens is 376 g/mol. The minimum Gasteiger partial charge on any atom is -0.485 e. The molecule has 5 heteroatoms. The summed E-state index contributed by atoms with van der Waals surface area (Å²) in [5.74, 6) is 0.794. The number of aromatic nitrogens is 1. The van der Waals surface area contributed by atoms with Gasteiger partial charge in [-0.15, -0.1) is 0 Å². The molecule has 0 amide bonds. The number of fused-ring (bicyclic) bond motifs is 1. The summed E-state index contributed by atoms with van der Waals surface area (Å²) < 4.78 is 13.7. The molecule has 1 aromatic carbocycles. The van der Waals surface area contributed by atoms with Gasteiger partial charge < -0.3 is 19.8 Å². The average molecular weight is 413 g/mol. The maximum atomic E-state index is 13.1. The largest absolute Gasteiger partial charge is 0.485 e. The molecule has 1 aromatic heterocycles. The summed E-state index contributed by atoms with van der Waals surface area (Å²) in [6, 6.07) is 5.56. The lowest BCUT2D eigenvalue weighted by atomic mass is 10.1. The lowest BCUT2D eigenvalue weighted by molar-refractivity contribution is 0.275. The molecule has 2 N–H and O–H groups in total. The summed E-state index contributed by atoms with van der Waals surface area (Å²) in [6.07, 6.45) is 8.20. The predicted molar refractivity (Wildman–Crippen MR) is 127 cm³/mol. The first-order chi connectivity index (χ1) is 14.4. The monoisotopic (exact) mass is 412 g/mol. The maximum absolute atomic E-state index is 13.1. The molecule has 0 atom stereocenters. The zero-order valence-corrected chi connectivity index (χ0v) is 19.1. The highest BCUT2D eigenvalue weighted by Gasteiger charge is 2.19. The molecule has 0 unspecified atom stereocenters. The van der Waals surface area contributed by atoms with Crippen molar-refractivity contribution in [3.8, 4) is 11.5 Å². The third kappa shape index (κ3) is 6.15. The second-order valence-corrected chi connectivity index (χ2v) is 7.87. The van der Waals surface area contributed by atoms with Crippen molar-refractivity contribution >= 4 is 16.6 Å². The maximum Gasteiger partial charge on any atom is 0.297 e. The van der Waals surface area contributed by atoms with Gasteiger partial charge in [0.15, 0.2) is 5.75 Å². The Morgan fingerprint density at radius 2 is 1.87 bits per heavy atom. The first-order valence-electron chi connectivity index (χ1n) is 10.9. The van der Waals surface area contributed by atoms with Gasteiger partial charge >= 0.3 is 0 Å². The number of nitrogens with zero attached hydrogens (tertiary/aromatic N) is 1. The number of anilines is 1. The van der Waals surface area contributed by atoms with Crippen molar-refractivity contribution in [2.24, 2.45) is 0 Å². The fourth-order valence-corrected chi connectivity index (χ4v) is 3.28. The van der Waals surface area contributed by atoms with Crippen molar-refractivity contribution in [2.75, 3.05) is 18.9 Å². The SMILES string of the molecule is CCCCOc1c(OCC=C(C)CCC=C(C)C)c2ccc(N)cc2n(CC)c1=O. The third-order valence-electron chi connectivity index (χ3n) is 5.01. The Bertz CT molecular complexity index is 966. The van der Waals surface area contributed by atoms with E-state index in [1.165, 1.54) is 11.1 Å². The highest BCUT2D eigenvalue weighted by Crippen LogP contribution is 2.34. The number of ether oxygens (including phenoxy) is 2. The lowest BCUT2D eigenvalue weighted by Gasteiger charge is -2.18. The molecule has 0 fully saturated rings. The van der Waals surface area contributed by atoms with E-state index in [-0.39, 0.29) is 11.3 Å². The van der Waals surface area contributed by atoms with Crippen LogP contribution >= 0.6 is 0 Å². The van der Waals surface area contributed by atoms with Gasteiger partial charge in [0.25, 0.3) is 5.56 Å². The average Bonchev–Trinajstić information content (AvgIpc) is 2.69.